The molecule has 3 aliphatic rings. The van der Waals surface area contributed by atoms with Gasteiger partial charge < -0.3 is 14.5 Å². The number of hydrogen-bond donors (Lipinski definition) is 0. The van der Waals surface area contributed by atoms with E-state index in [0.717, 1.165) is 19.4 Å². The summed E-state index contributed by atoms with van der Waals surface area (Å²) in [6, 6.07) is 12.0. The van der Waals surface area contributed by atoms with Crippen molar-refractivity contribution < 1.29 is 22.7 Å². The highest BCUT2D eigenvalue weighted by Gasteiger charge is 2.55. The van der Waals surface area contributed by atoms with Gasteiger partial charge in [0.15, 0.2) is 5.60 Å². The van der Waals surface area contributed by atoms with E-state index >= 15 is 0 Å². The number of hydrogen-bond acceptors (Lipinski definition) is 6. The molecular formula is C19H21F3N4O2S. The number of halogens is 3. The molecule has 10 heteroatoms. The molecule has 1 unspecified atom stereocenters. The van der Waals surface area contributed by atoms with E-state index in [4.69, 9.17) is 4.74 Å². The van der Waals surface area contributed by atoms with Gasteiger partial charge in [-0.2, -0.15) is 13.2 Å². The van der Waals surface area contributed by atoms with Crippen molar-refractivity contribution in [3.63, 3.8) is 0 Å². The third-order valence-electron chi connectivity index (χ3n) is 5.38. The standard InChI is InChI=1S/C13H15F3N4O2S.C6H6/c14-13(15,16)9-17-18-11(23-9)19-6-3-12(4-7-19)10(21)20-5-1-2-8(20)22-12;1-2-4-6-5-3-1/h8H,1-7H2;1-6H. The predicted molar refractivity (Wildman–Crippen MR) is 101 cm³/mol. The summed E-state index contributed by atoms with van der Waals surface area (Å²) in [6.45, 7) is 1.62. The number of anilines is 1. The average molecular weight is 426 g/mol. The zero-order valence-corrected chi connectivity index (χ0v) is 16.5. The third-order valence-corrected chi connectivity index (χ3v) is 6.40. The lowest BCUT2D eigenvalue weighted by Crippen LogP contribution is -2.50. The van der Waals surface area contributed by atoms with Crippen molar-refractivity contribution in [2.75, 3.05) is 24.5 Å². The van der Waals surface area contributed by atoms with Crippen LogP contribution in [0.4, 0.5) is 18.3 Å². The summed E-state index contributed by atoms with van der Waals surface area (Å²) in [7, 11) is 0. The molecule has 0 bridgehead atoms. The molecule has 1 atom stereocenters. The topological polar surface area (TPSA) is 58.6 Å². The van der Waals surface area contributed by atoms with Gasteiger partial charge in [0, 0.05) is 32.5 Å². The summed E-state index contributed by atoms with van der Waals surface area (Å²) >= 11 is 0.537. The van der Waals surface area contributed by atoms with Crippen LogP contribution in [0.15, 0.2) is 36.4 Å². The van der Waals surface area contributed by atoms with Crippen LogP contribution in [-0.2, 0) is 15.7 Å². The van der Waals surface area contributed by atoms with Crippen LogP contribution in [0.3, 0.4) is 0 Å². The highest BCUT2D eigenvalue weighted by Crippen LogP contribution is 2.42. The number of carbonyl (C=O) groups is 1. The molecule has 1 aromatic carbocycles. The van der Waals surface area contributed by atoms with Crippen LogP contribution in [0.2, 0.25) is 0 Å². The number of piperidine rings is 1. The molecule has 4 heterocycles. The highest BCUT2D eigenvalue weighted by atomic mass is 32.1. The van der Waals surface area contributed by atoms with Gasteiger partial charge in [-0.05, 0) is 12.8 Å². The molecule has 1 spiro atoms. The molecule has 29 heavy (non-hydrogen) atoms. The first-order valence-electron chi connectivity index (χ1n) is 9.54. The fourth-order valence-corrected chi connectivity index (χ4v) is 4.66. The number of aromatic nitrogens is 2. The Balaban J connectivity index is 0.000000294. The second kappa shape index (κ2) is 7.91. The van der Waals surface area contributed by atoms with Crippen molar-refractivity contribution in [3.05, 3.63) is 41.4 Å². The van der Waals surface area contributed by atoms with Crippen LogP contribution in [0.25, 0.3) is 0 Å². The van der Waals surface area contributed by atoms with E-state index in [9.17, 15) is 18.0 Å². The first-order chi connectivity index (χ1) is 13.9. The first kappa shape index (κ1) is 20.1. The number of benzene rings is 1. The first-order valence-corrected chi connectivity index (χ1v) is 10.4. The van der Waals surface area contributed by atoms with Crippen LogP contribution in [-0.4, -0.2) is 52.5 Å². The van der Waals surface area contributed by atoms with Crippen LogP contribution in [0.5, 0.6) is 0 Å². The van der Waals surface area contributed by atoms with E-state index in [0.29, 0.717) is 37.3 Å². The second-order valence-electron chi connectivity index (χ2n) is 7.24. The molecule has 1 amide bonds. The molecule has 3 aliphatic heterocycles. The van der Waals surface area contributed by atoms with Crippen molar-refractivity contribution >= 4 is 22.4 Å². The van der Waals surface area contributed by atoms with Gasteiger partial charge in [-0.3, -0.25) is 4.79 Å². The van der Waals surface area contributed by atoms with Gasteiger partial charge in [-0.1, -0.05) is 47.7 Å². The molecule has 2 aromatic rings. The van der Waals surface area contributed by atoms with Crippen LogP contribution in [0, 0.1) is 0 Å². The molecule has 3 saturated heterocycles. The Kier molecular flexibility index (Phi) is 5.48. The van der Waals surface area contributed by atoms with Crippen LogP contribution < -0.4 is 4.90 Å². The lowest BCUT2D eigenvalue weighted by molar-refractivity contribution is -0.139. The van der Waals surface area contributed by atoms with Crippen molar-refractivity contribution in [3.8, 4) is 0 Å². The Morgan fingerprint density at radius 2 is 1.66 bits per heavy atom. The summed E-state index contributed by atoms with van der Waals surface area (Å²) in [5.74, 6) is 0.0351. The number of ether oxygens (including phenoxy) is 1. The number of fused-ring (bicyclic) bond motifs is 1. The lowest BCUT2D eigenvalue weighted by atomic mass is 9.90. The van der Waals surface area contributed by atoms with Crippen molar-refractivity contribution in [1.29, 1.82) is 0 Å². The van der Waals surface area contributed by atoms with Gasteiger partial charge in [-0.25, -0.2) is 0 Å². The summed E-state index contributed by atoms with van der Waals surface area (Å²) in [4.78, 5) is 16.1. The van der Waals surface area contributed by atoms with Crippen LogP contribution in [0.1, 0.15) is 30.7 Å². The second-order valence-corrected chi connectivity index (χ2v) is 8.19. The third kappa shape index (κ3) is 4.09. The minimum absolute atomic E-state index is 0.0351. The highest BCUT2D eigenvalue weighted by molar-refractivity contribution is 7.15. The number of amides is 1. The van der Waals surface area contributed by atoms with E-state index in [1.165, 1.54) is 0 Å². The van der Waals surface area contributed by atoms with Gasteiger partial charge in [0.1, 0.15) is 6.23 Å². The summed E-state index contributed by atoms with van der Waals surface area (Å²) in [5.41, 5.74) is -0.793. The molecule has 6 nitrogen and oxygen atoms in total. The molecule has 156 valence electrons. The summed E-state index contributed by atoms with van der Waals surface area (Å²) in [6.07, 6.45) is -1.82. The number of alkyl halides is 3. The number of nitrogens with zero attached hydrogens (tertiary/aromatic N) is 4. The zero-order chi connectivity index (χ0) is 20.5. The van der Waals surface area contributed by atoms with Crippen molar-refractivity contribution in [2.45, 2.75) is 43.7 Å². The predicted octanol–water partition coefficient (Wildman–Crippen LogP) is 3.56. The minimum Gasteiger partial charge on any atom is -0.346 e. The van der Waals surface area contributed by atoms with E-state index < -0.39 is 16.8 Å². The van der Waals surface area contributed by atoms with Gasteiger partial charge in [0.05, 0.1) is 0 Å². The molecule has 0 aliphatic carbocycles. The number of carbonyl (C=O) groups excluding carboxylic acids is 1. The Morgan fingerprint density at radius 3 is 2.17 bits per heavy atom. The minimum atomic E-state index is -4.47. The largest absolute Gasteiger partial charge is 0.445 e. The van der Waals surface area contributed by atoms with Gasteiger partial charge in [0.25, 0.3) is 5.91 Å². The van der Waals surface area contributed by atoms with Crippen molar-refractivity contribution in [1.82, 2.24) is 15.1 Å². The fraction of sp³-hybridized carbons (Fsp3) is 0.526. The zero-order valence-electron chi connectivity index (χ0n) is 15.6. The van der Waals surface area contributed by atoms with E-state index in [1.54, 1.807) is 9.80 Å². The molecule has 3 fully saturated rings. The monoisotopic (exact) mass is 426 g/mol. The molecule has 0 N–H and O–H groups in total. The molecule has 0 saturated carbocycles. The molecule has 0 radical (unpaired) electrons. The average Bonchev–Trinajstić information content (AvgIpc) is 3.43. The number of rotatable bonds is 1. The van der Waals surface area contributed by atoms with E-state index in [2.05, 4.69) is 10.2 Å². The van der Waals surface area contributed by atoms with Crippen LogP contribution >= 0.6 is 11.3 Å². The Bertz CT molecular complexity index is 811. The van der Waals surface area contributed by atoms with Gasteiger partial charge in [0.2, 0.25) is 10.1 Å². The Hall–Kier alpha value is -2.20. The maximum absolute atomic E-state index is 12.6. The quantitative estimate of drug-likeness (QED) is 0.698. The van der Waals surface area contributed by atoms with E-state index in [-0.39, 0.29) is 17.3 Å². The van der Waals surface area contributed by atoms with Crippen molar-refractivity contribution in [2.24, 2.45) is 0 Å². The maximum Gasteiger partial charge on any atom is 0.445 e. The molecular weight excluding hydrogens is 405 g/mol. The Labute approximate surface area is 170 Å². The molecule has 5 rings (SSSR count). The Morgan fingerprint density at radius 1 is 1.03 bits per heavy atom. The van der Waals surface area contributed by atoms with Gasteiger partial charge in [-0.15, -0.1) is 10.2 Å². The lowest BCUT2D eigenvalue weighted by Gasteiger charge is -2.36. The smallest absolute Gasteiger partial charge is 0.346 e. The fourth-order valence-electron chi connectivity index (χ4n) is 3.90. The molecule has 1 aromatic heterocycles. The van der Waals surface area contributed by atoms with E-state index in [1.807, 2.05) is 36.4 Å². The summed E-state index contributed by atoms with van der Waals surface area (Å²) < 4.78 is 43.8. The normalized spacial score (nSPS) is 23.1. The summed E-state index contributed by atoms with van der Waals surface area (Å²) in [5, 5.41) is 6.15. The SMILES string of the molecule is O=C1N2CCCC2OC12CCN(c1nnc(C(F)(F)F)s1)CC2.c1ccccc1. The van der Waals surface area contributed by atoms with Gasteiger partial charge >= 0.3 is 6.18 Å². The maximum atomic E-state index is 12.6.